The zero-order chi connectivity index (χ0) is 12.8. The highest BCUT2D eigenvalue weighted by Gasteiger charge is 2.09. The zero-order valence-corrected chi connectivity index (χ0v) is 12.0. The molecular formula is C14H23ClN2. The van der Waals surface area contributed by atoms with Crippen molar-refractivity contribution in [2.45, 2.75) is 39.4 Å². The predicted molar refractivity (Wildman–Crippen MR) is 75.5 cm³/mol. The van der Waals surface area contributed by atoms with Gasteiger partial charge in [-0.1, -0.05) is 37.6 Å². The van der Waals surface area contributed by atoms with Crippen LogP contribution in [0.25, 0.3) is 0 Å². The first-order valence-corrected chi connectivity index (χ1v) is 6.55. The summed E-state index contributed by atoms with van der Waals surface area (Å²) in [4.78, 5) is 2.35. The molecule has 0 aliphatic carbocycles. The number of benzene rings is 1. The number of hydrogen-bond donors (Lipinski definition) is 1. The van der Waals surface area contributed by atoms with Crippen LogP contribution in [-0.2, 0) is 6.54 Å². The highest BCUT2D eigenvalue weighted by molar-refractivity contribution is 6.30. The molecule has 0 saturated carbocycles. The minimum absolute atomic E-state index is 0.521. The van der Waals surface area contributed by atoms with Gasteiger partial charge in [-0.05, 0) is 31.7 Å². The van der Waals surface area contributed by atoms with Crippen molar-refractivity contribution in [3.05, 3.63) is 34.9 Å². The fourth-order valence-electron chi connectivity index (χ4n) is 1.60. The molecule has 96 valence electrons. The molecular weight excluding hydrogens is 232 g/mol. The topological polar surface area (TPSA) is 15.3 Å². The molecule has 0 bridgehead atoms. The van der Waals surface area contributed by atoms with Crippen LogP contribution in [0.15, 0.2) is 24.3 Å². The summed E-state index contributed by atoms with van der Waals surface area (Å²) in [5.41, 5.74) is 1.30. The van der Waals surface area contributed by atoms with Crippen molar-refractivity contribution in [3.63, 3.8) is 0 Å². The van der Waals surface area contributed by atoms with Gasteiger partial charge in [0.1, 0.15) is 0 Å². The maximum Gasteiger partial charge on any atom is 0.0406 e. The lowest BCUT2D eigenvalue weighted by molar-refractivity contribution is 0.239. The Morgan fingerprint density at radius 1 is 1.18 bits per heavy atom. The van der Waals surface area contributed by atoms with Gasteiger partial charge < -0.3 is 5.32 Å². The molecule has 17 heavy (non-hydrogen) atoms. The number of likely N-dealkylation sites (N-methyl/N-ethyl adjacent to an activating group) is 1. The summed E-state index contributed by atoms with van der Waals surface area (Å²) in [5.74, 6) is 0. The van der Waals surface area contributed by atoms with Gasteiger partial charge in [0.2, 0.25) is 0 Å². The van der Waals surface area contributed by atoms with Crippen LogP contribution in [0.4, 0.5) is 0 Å². The molecule has 1 N–H and O–H groups in total. The van der Waals surface area contributed by atoms with E-state index in [0.29, 0.717) is 12.1 Å². The van der Waals surface area contributed by atoms with E-state index in [2.05, 4.69) is 50.2 Å². The number of nitrogens with zero attached hydrogens (tertiary/aromatic N) is 1. The Morgan fingerprint density at radius 3 is 2.29 bits per heavy atom. The van der Waals surface area contributed by atoms with Gasteiger partial charge in [0.25, 0.3) is 0 Å². The van der Waals surface area contributed by atoms with E-state index in [0.717, 1.165) is 18.1 Å². The monoisotopic (exact) mass is 254 g/mol. The molecule has 2 nitrogen and oxygen atoms in total. The molecule has 1 aromatic rings. The van der Waals surface area contributed by atoms with Crippen molar-refractivity contribution in [2.24, 2.45) is 0 Å². The normalized spacial score (nSPS) is 13.4. The SMILES string of the molecule is CC(C)NCC(C)N(C)Cc1ccc(Cl)cc1. The van der Waals surface area contributed by atoms with E-state index in [4.69, 9.17) is 11.6 Å². The largest absolute Gasteiger partial charge is 0.313 e. The van der Waals surface area contributed by atoms with Crippen LogP contribution < -0.4 is 5.32 Å². The Bertz CT molecular complexity index is 321. The Balaban J connectivity index is 2.42. The quantitative estimate of drug-likeness (QED) is 0.839. The van der Waals surface area contributed by atoms with Crippen molar-refractivity contribution in [1.82, 2.24) is 10.2 Å². The summed E-state index contributed by atoms with van der Waals surface area (Å²) >= 11 is 5.87. The summed E-state index contributed by atoms with van der Waals surface area (Å²) in [7, 11) is 2.15. The van der Waals surface area contributed by atoms with Crippen LogP contribution in [-0.4, -0.2) is 30.6 Å². The van der Waals surface area contributed by atoms with E-state index in [9.17, 15) is 0 Å². The van der Waals surface area contributed by atoms with Gasteiger partial charge in [-0.3, -0.25) is 4.90 Å². The molecule has 1 rings (SSSR count). The average Bonchev–Trinajstić information content (AvgIpc) is 2.28. The van der Waals surface area contributed by atoms with E-state index in [1.807, 2.05) is 12.1 Å². The Kier molecular flexibility index (Phi) is 5.96. The molecule has 1 atom stereocenters. The molecule has 0 fully saturated rings. The van der Waals surface area contributed by atoms with Crippen LogP contribution in [0.2, 0.25) is 5.02 Å². The fraction of sp³-hybridized carbons (Fsp3) is 0.571. The van der Waals surface area contributed by atoms with Gasteiger partial charge in [-0.25, -0.2) is 0 Å². The number of halogens is 1. The predicted octanol–water partition coefficient (Wildman–Crippen LogP) is 3.16. The number of rotatable bonds is 6. The maximum absolute atomic E-state index is 5.87. The zero-order valence-electron chi connectivity index (χ0n) is 11.2. The Hall–Kier alpha value is -0.570. The second-order valence-corrected chi connectivity index (χ2v) is 5.39. The third-order valence-corrected chi connectivity index (χ3v) is 3.17. The summed E-state index contributed by atoms with van der Waals surface area (Å²) in [5, 5.41) is 4.26. The van der Waals surface area contributed by atoms with Gasteiger partial charge >= 0.3 is 0 Å². The number of hydrogen-bond acceptors (Lipinski definition) is 2. The molecule has 1 aromatic carbocycles. The summed E-state index contributed by atoms with van der Waals surface area (Å²) < 4.78 is 0. The molecule has 0 saturated heterocycles. The van der Waals surface area contributed by atoms with Crippen molar-refractivity contribution >= 4 is 11.6 Å². The highest BCUT2D eigenvalue weighted by Crippen LogP contribution is 2.11. The second-order valence-electron chi connectivity index (χ2n) is 4.95. The molecule has 0 heterocycles. The third-order valence-electron chi connectivity index (χ3n) is 2.92. The molecule has 0 aromatic heterocycles. The molecule has 0 aliphatic heterocycles. The molecule has 0 aliphatic rings. The van der Waals surface area contributed by atoms with E-state index >= 15 is 0 Å². The first kappa shape index (κ1) is 14.5. The van der Waals surface area contributed by atoms with Crippen molar-refractivity contribution in [3.8, 4) is 0 Å². The second kappa shape index (κ2) is 7.00. The average molecular weight is 255 g/mol. The minimum atomic E-state index is 0.521. The maximum atomic E-state index is 5.87. The summed E-state index contributed by atoms with van der Waals surface area (Å²) in [6.45, 7) is 8.56. The Labute approximate surface area is 110 Å². The highest BCUT2D eigenvalue weighted by atomic mass is 35.5. The number of nitrogens with one attached hydrogen (secondary N) is 1. The third kappa shape index (κ3) is 5.53. The van der Waals surface area contributed by atoms with Gasteiger partial charge in [0.05, 0.1) is 0 Å². The van der Waals surface area contributed by atoms with Crippen molar-refractivity contribution < 1.29 is 0 Å². The smallest absolute Gasteiger partial charge is 0.0406 e. The minimum Gasteiger partial charge on any atom is -0.313 e. The van der Waals surface area contributed by atoms with Crippen molar-refractivity contribution in [1.29, 1.82) is 0 Å². The summed E-state index contributed by atoms with van der Waals surface area (Å²) in [6, 6.07) is 9.13. The van der Waals surface area contributed by atoms with Crippen LogP contribution in [0.5, 0.6) is 0 Å². The van der Waals surface area contributed by atoms with Crippen LogP contribution in [0.3, 0.4) is 0 Å². The first-order valence-electron chi connectivity index (χ1n) is 6.17. The van der Waals surface area contributed by atoms with Crippen LogP contribution >= 0.6 is 11.6 Å². The van der Waals surface area contributed by atoms with Gasteiger partial charge in [0, 0.05) is 30.2 Å². The van der Waals surface area contributed by atoms with Gasteiger partial charge in [-0.15, -0.1) is 0 Å². The molecule has 3 heteroatoms. The molecule has 0 spiro atoms. The lowest BCUT2D eigenvalue weighted by Crippen LogP contribution is -2.39. The summed E-state index contributed by atoms with van der Waals surface area (Å²) in [6.07, 6.45) is 0. The first-order chi connectivity index (χ1) is 7.99. The van der Waals surface area contributed by atoms with E-state index < -0.39 is 0 Å². The van der Waals surface area contributed by atoms with Crippen molar-refractivity contribution in [2.75, 3.05) is 13.6 Å². The molecule has 0 amide bonds. The lowest BCUT2D eigenvalue weighted by Gasteiger charge is -2.26. The lowest BCUT2D eigenvalue weighted by atomic mass is 10.2. The standard InChI is InChI=1S/C14H23ClN2/c1-11(2)16-9-12(3)17(4)10-13-5-7-14(15)8-6-13/h5-8,11-12,16H,9-10H2,1-4H3. The van der Waals surface area contributed by atoms with E-state index in [-0.39, 0.29) is 0 Å². The van der Waals surface area contributed by atoms with E-state index in [1.165, 1.54) is 5.56 Å². The van der Waals surface area contributed by atoms with Crippen LogP contribution in [0.1, 0.15) is 26.3 Å². The van der Waals surface area contributed by atoms with Gasteiger partial charge in [-0.2, -0.15) is 0 Å². The van der Waals surface area contributed by atoms with Gasteiger partial charge in [0.15, 0.2) is 0 Å². The fourth-order valence-corrected chi connectivity index (χ4v) is 1.72. The molecule has 0 radical (unpaired) electrons. The van der Waals surface area contributed by atoms with Crippen LogP contribution in [0, 0.1) is 0 Å². The Morgan fingerprint density at radius 2 is 1.76 bits per heavy atom. The van der Waals surface area contributed by atoms with E-state index in [1.54, 1.807) is 0 Å². The molecule has 1 unspecified atom stereocenters.